The SMILES string of the molecule is CC1(C)[C@H]2CC[C@]1(C)[C@H](OC(=O)CN1CCCCCC1)C2. The first kappa shape index (κ1) is 15.3. The van der Waals surface area contributed by atoms with E-state index in [1.54, 1.807) is 0 Å². The number of ether oxygens (including phenoxy) is 1. The van der Waals surface area contributed by atoms with Crippen LogP contribution in [0.2, 0.25) is 0 Å². The van der Waals surface area contributed by atoms with Gasteiger partial charge in [0.2, 0.25) is 0 Å². The monoisotopic (exact) mass is 293 g/mol. The molecule has 3 rings (SSSR count). The summed E-state index contributed by atoms with van der Waals surface area (Å²) in [5.41, 5.74) is 0.507. The van der Waals surface area contributed by atoms with Crippen LogP contribution in [0.5, 0.6) is 0 Å². The lowest BCUT2D eigenvalue weighted by Gasteiger charge is -2.38. The van der Waals surface area contributed by atoms with Gasteiger partial charge in [0, 0.05) is 5.41 Å². The third kappa shape index (κ3) is 2.62. The summed E-state index contributed by atoms with van der Waals surface area (Å²) in [6.07, 6.45) is 8.81. The van der Waals surface area contributed by atoms with Gasteiger partial charge in [0.05, 0.1) is 6.54 Å². The largest absolute Gasteiger partial charge is 0.461 e. The maximum atomic E-state index is 12.3. The Hall–Kier alpha value is -0.570. The van der Waals surface area contributed by atoms with Crippen molar-refractivity contribution in [2.24, 2.45) is 16.7 Å². The van der Waals surface area contributed by atoms with E-state index in [9.17, 15) is 4.79 Å². The van der Waals surface area contributed by atoms with Crippen LogP contribution in [0.4, 0.5) is 0 Å². The zero-order valence-corrected chi connectivity index (χ0v) is 14.0. The number of carbonyl (C=O) groups excluding carboxylic acids is 1. The molecular formula is C18H31NO2. The van der Waals surface area contributed by atoms with Crippen LogP contribution in [0, 0.1) is 16.7 Å². The minimum atomic E-state index is 0.00600. The molecule has 1 heterocycles. The number of rotatable bonds is 3. The molecule has 3 aliphatic rings. The van der Waals surface area contributed by atoms with Gasteiger partial charge in [0.1, 0.15) is 6.10 Å². The Morgan fingerprint density at radius 2 is 1.81 bits per heavy atom. The molecule has 2 bridgehead atoms. The van der Waals surface area contributed by atoms with Gasteiger partial charge >= 0.3 is 5.97 Å². The van der Waals surface area contributed by atoms with Gasteiger partial charge in [-0.05, 0) is 56.5 Å². The molecule has 3 nitrogen and oxygen atoms in total. The normalized spacial score (nSPS) is 39.2. The highest BCUT2D eigenvalue weighted by atomic mass is 16.5. The van der Waals surface area contributed by atoms with Crippen LogP contribution in [0.25, 0.3) is 0 Å². The maximum Gasteiger partial charge on any atom is 0.320 e. The highest BCUT2D eigenvalue weighted by molar-refractivity contribution is 5.72. The summed E-state index contributed by atoms with van der Waals surface area (Å²) in [4.78, 5) is 14.6. The van der Waals surface area contributed by atoms with E-state index in [0.717, 1.165) is 25.4 Å². The molecule has 120 valence electrons. The van der Waals surface area contributed by atoms with Crippen molar-refractivity contribution in [2.75, 3.05) is 19.6 Å². The maximum absolute atomic E-state index is 12.3. The van der Waals surface area contributed by atoms with Crippen molar-refractivity contribution in [3.63, 3.8) is 0 Å². The third-order valence-corrected chi connectivity index (χ3v) is 7.04. The molecule has 0 amide bonds. The fourth-order valence-electron chi connectivity index (χ4n) is 4.98. The number of carbonyl (C=O) groups is 1. The third-order valence-electron chi connectivity index (χ3n) is 7.04. The van der Waals surface area contributed by atoms with Crippen molar-refractivity contribution in [1.29, 1.82) is 0 Å². The summed E-state index contributed by atoms with van der Waals surface area (Å²) >= 11 is 0. The van der Waals surface area contributed by atoms with Crippen LogP contribution in [0.3, 0.4) is 0 Å². The lowest BCUT2D eigenvalue weighted by atomic mass is 9.70. The first-order valence-electron chi connectivity index (χ1n) is 8.85. The first-order chi connectivity index (χ1) is 9.93. The summed E-state index contributed by atoms with van der Waals surface area (Å²) in [5.74, 6) is 0.741. The Balaban J connectivity index is 1.56. The zero-order valence-electron chi connectivity index (χ0n) is 14.0. The molecule has 0 radical (unpaired) electrons. The van der Waals surface area contributed by atoms with Crippen molar-refractivity contribution < 1.29 is 9.53 Å². The van der Waals surface area contributed by atoms with Crippen LogP contribution in [0.15, 0.2) is 0 Å². The van der Waals surface area contributed by atoms with E-state index in [2.05, 4.69) is 25.7 Å². The van der Waals surface area contributed by atoms with Gasteiger partial charge in [-0.15, -0.1) is 0 Å². The predicted molar refractivity (Wildman–Crippen MR) is 84.0 cm³/mol. The molecule has 0 spiro atoms. The molecule has 0 aromatic heterocycles. The van der Waals surface area contributed by atoms with Gasteiger partial charge in [0.25, 0.3) is 0 Å². The minimum absolute atomic E-state index is 0.00600. The lowest BCUT2D eigenvalue weighted by Crippen LogP contribution is -2.40. The second-order valence-electron chi connectivity index (χ2n) is 8.28. The van der Waals surface area contributed by atoms with Gasteiger partial charge in [-0.2, -0.15) is 0 Å². The minimum Gasteiger partial charge on any atom is -0.461 e. The average Bonchev–Trinajstić information content (AvgIpc) is 2.69. The van der Waals surface area contributed by atoms with E-state index >= 15 is 0 Å². The van der Waals surface area contributed by atoms with Crippen molar-refractivity contribution in [1.82, 2.24) is 4.90 Å². The van der Waals surface area contributed by atoms with Crippen molar-refractivity contribution >= 4 is 5.97 Å². The summed E-state index contributed by atoms with van der Waals surface area (Å²) in [7, 11) is 0. The molecule has 2 aliphatic carbocycles. The second kappa shape index (κ2) is 5.57. The summed E-state index contributed by atoms with van der Waals surface area (Å²) < 4.78 is 5.95. The number of esters is 1. The number of fused-ring (bicyclic) bond motifs is 2. The Morgan fingerprint density at radius 1 is 1.14 bits per heavy atom. The van der Waals surface area contributed by atoms with Crippen molar-refractivity contribution in [3.8, 4) is 0 Å². The summed E-state index contributed by atoms with van der Waals surface area (Å²) in [5, 5.41) is 0. The van der Waals surface area contributed by atoms with Crippen molar-refractivity contribution in [3.05, 3.63) is 0 Å². The molecular weight excluding hydrogens is 262 g/mol. The number of nitrogens with zero attached hydrogens (tertiary/aromatic N) is 1. The Kier molecular flexibility index (Phi) is 4.06. The van der Waals surface area contributed by atoms with Gasteiger partial charge in [-0.1, -0.05) is 33.6 Å². The number of hydrogen-bond donors (Lipinski definition) is 0. The molecule has 21 heavy (non-hydrogen) atoms. The summed E-state index contributed by atoms with van der Waals surface area (Å²) in [6.45, 7) is 9.69. The van der Waals surface area contributed by atoms with Crippen LogP contribution < -0.4 is 0 Å². The molecule has 1 aliphatic heterocycles. The van der Waals surface area contributed by atoms with E-state index in [1.807, 2.05) is 0 Å². The number of likely N-dealkylation sites (tertiary alicyclic amines) is 1. The number of hydrogen-bond acceptors (Lipinski definition) is 3. The van der Waals surface area contributed by atoms with Gasteiger partial charge in [-0.3, -0.25) is 9.69 Å². The predicted octanol–water partition coefficient (Wildman–Crippen LogP) is 3.62. The lowest BCUT2D eigenvalue weighted by molar-refractivity contribution is -0.158. The van der Waals surface area contributed by atoms with E-state index in [0.29, 0.717) is 12.0 Å². The standard InChI is InChI=1S/C18H31NO2/c1-17(2)14-8-9-18(17,3)15(12-14)21-16(20)13-19-10-6-4-5-7-11-19/h14-15H,4-13H2,1-3H3/t14-,15+,18+/m0/s1. The Morgan fingerprint density at radius 3 is 2.33 bits per heavy atom. The average molecular weight is 293 g/mol. The second-order valence-corrected chi connectivity index (χ2v) is 8.28. The first-order valence-corrected chi connectivity index (χ1v) is 8.85. The van der Waals surface area contributed by atoms with Crippen LogP contribution >= 0.6 is 0 Å². The van der Waals surface area contributed by atoms with Gasteiger partial charge < -0.3 is 4.74 Å². The topological polar surface area (TPSA) is 29.5 Å². The Bertz CT molecular complexity index is 398. The van der Waals surface area contributed by atoms with Gasteiger partial charge in [0.15, 0.2) is 0 Å². The van der Waals surface area contributed by atoms with E-state index in [1.165, 1.54) is 38.5 Å². The van der Waals surface area contributed by atoms with Crippen molar-refractivity contribution in [2.45, 2.75) is 71.8 Å². The molecule has 0 aromatic carbocycles. The fraction of sp³-hybridized carbons (Fsp3) is 0.944. The molecule has 0 aromatic rings. The molecule has 3 heteroatoms. The molecule has 3 fully saturated rings. The fourth-order valence-corrected chi connectivity index (χ4v) is 4.98. The molecule has 2 saturated carbocycles. The zero-order chi connectivity index (χ0) is 15.1. The smallest absolute Gasteiger partial charge is 0.320 e. The van der Waals surface area contributed by atoms with Gasteiger partial charge in [-0.25, -0.2) is 0 Å². The molecule has 1 saturated heterocycles. The van der Waals surface area contributed by atoms with Crippen LogP contribution in [0.1, 0.15) is 65.7 Å². The highest BCUT2D eigenvalue weighted by Gasteiger charge is 2.62. The molecule has 0 N–H and O–H groups in total. The van der Waals surface area contributed by atoms with Crippen LogP contribution in [-0.2, 0) is 9.53 Å². The van der Waals surface area contributed by atoms with E-state index < -0.39 is 0 Å². The van der Waals surface area contributed by atoms with E-state index in [4.69, 9.17) is 4.74 Å². The Labute approximate surface area is 129 Å². The molecule has 0 unspecified atom stereocenters. The molecule has 3 atom stereocenters. The quantitative estimate of drug-likeness (QED) is 0.744. The van der Waals surface area contributed by atoms with Crippen LogP contribution in [-0.4, -0.2) is 36.6 Å². The highest BCUT2D eigenvalue weighted by Crippen LogP contribution is 2.66. The summed E-state index contributed by atoms with van der Waals surface area (Å²) in [6, 6.07) is 0. The van der Waals surface area contributed by atoms with E-state index in [-0.39, 0.29) is 17.5 Å².